The Bertz CT molecular complexity index is 554. The van der Waals surface area contributed by atoms with Gasteiger partial charge in [-0.15, -0.1) is 11.3 Å². The van der Waals surface area contributed by atoms with Crippen molar-refractivity contribution in [3.05, 3.63) is 50.2 Å². The minimum Gasteiger partial charge on any atom is -0.314 e. The third-order valence-corrected chi connectivity index (χ3v) is 4.02. The van der Waals surface area contributed by atoms with Crippen LogP contribution in [-0.2, 0) is 13.0 Å². The maximum Gasteiger partial charge on any atom is 0.128 e. The van der Waals surface area contributed by atoms with Gasteiger partial charge in [-0.1, -0.05) is 17.7 Å². The van der Waals surface area contributed by atoms with Crippen LogP contribution >= 0.6 is 22.9 Å². The van der Waals surface area contributed by atoms with E-state index >= 15 is 0 Å². The summed E-state index contributed by atoms with van der Waals surface area (Å²) in [5.74, 6) is -0.259. The van der Waals surface area contributed by atoms with E-state index < -0.39 is 0 Å². The van der Waals surface area contributed by atoms with Crippen LogP contribution in [0.2, 0.25) is 5.02 Å². The van der Waals surface area contributed by atoms with Gasteiger partial charge in [-0.05, 0) is 31.7 Å². The lowest BCUT2D eigenvalue weighted by molar-refractivity contribution is 0.614. The molecule has 1 aromatic heterocycles. The smallest absolute Gasteiger partial charge is 0.128 e. The summed E-state index contributed by atoms with van der Waals surface area (Å²) in [7, 11) is 1.88. The van der Waals surface area contributed by atoms with E-state index in [2.05, 4.69) is 10.3 Å². The molecule has 0 aliphatic carbocycles. The highest BCUT2D eigenvalue weighted by Gasteiger charge is 2.10. The molecule has 2 nitrogen and oxygen atoms in total. The summed E-state index contributed by atoms with van der Waals surface area (Å²) in [6, 6.07) is 4.79. The Morgan fingerprint density at radius 2 is 2.22 bits per heavy atom. The first kappa shape index (κ1) is 13.5. The lowest BCUT2D eigenvalue weighted by Crippen LogP contribution is -2.04. The summed E-state index contributed by atoms with van der Waals surface area (Å²) < 4.78 is 13.7. The molecule has 0 bridgehead atoms. The zero-order valence-corrected chi connectivity index (χ0v) is 11.8. The first-order chi connectivity index (χ1) is 8.60. The number of aromatic nitrogens is 1. The van der Waals surface area contributed by atoms with Crippen LogP contribution < -0.4 is 5.32 Å². The number of thiazole rings is 1. The Morgan fingerprint density at radius 3 is 2.89 bits per heavy atom. The predicted molar refractivity (Wildman–Crippen MR) is 73.8 cm³/mol. The Kier molecular flexibility index (Phi) is 4.32. The van der Waals surface area contributed by atoms with Crippen molar-refractivity contribution in [2.45, 2.75) is 19.9 Å². The number of halogens is 2. The van der Waals surface area contributed by atoms with E-state index in [0.29, 0.717) is 17.0 Å². The Morgan fingerprint density at radius 1 is 1.44 bits per heavy atom. The number of hydrogen-bond acceptors (Lipinski definition) is 3. The highest BCUT2D eigenvalue weighted by atomic mass is 35.5. The van der Waals surface area contributed by atoms with Gasteiger partial charge in [-0.25, -0.2) is 9.37 Å². The summed E-state index contributed by atoms with van der Waals surface area (Å²) >= 11 is 7.36. The van der Waals surface area contributed by atoms with Crippen molar-refractivity contribution in [2.75, 3.05) is 7.05 Å². The zero-order chi connectivity index (χ0) is 13.1. The molecule has 0 fully saturated rings. The van der Waals surface area contributed by atoms with Gasteiger partial charge in [-0.3, -0.25) is 0 Å². The van der Waals surface area contributed by atoms with Crippen molar-refractivity contribution in [2.24, 2.45) is 0 Å². The van der Waals surface area contributed by atoms with Gasteiger partial charge in [0.2, 0.25) is 0 Å². The fourth-order valence-electron chi connectivity index (χ4n) is 1.72. The molecule has 0 aliphatic rings. The van der Waals surface area contributed by atoms with Gasteiger partial charge < -0.3 is 5.32 Å². The largest absolute Gasteiger partial charge is 0.314 e. The molecule has 0 saturated carbocycles. The van der Waals surface area contributed by atoms with E-state index in [9.17, 15) is 4.39 Å². The molecule has 0 atom stereocenters. The molecule has 0 unspecified atom stereocenters. The number of rotatable bonds is 4. The summed E-state index contributed by atoms with van der Waals surface area (Å²) in [5, 5.41) is 4.52. The highest BCUT2D eigenvalue weighted by molar-refractivity contribution is 7.11. The molecule has 18 heavy (non-hydrogen) atoms. The Hall–Kier alpha value is -0.970. The first-order valence-corrected chi connectivity index (χ1v) is 6.83. The minimum absolute atomic E-state index is 0.259. The quantitative estimate of drug-likeness (QED) is 0.929. The van der Waals surface area contributed by atoms with Crippen LogP contribution in [0.1, 0.15) is 21.1 Å². The van der Waals surface area contributed by atoms with E-state index in [0.717, 1.165) is 22.1 Å². The van der Waals surface area contributed by atoms with Crippen LogP contribution in [0.5, 0.6) is 0 Å². The Balaban J connectivity index is 2.22. The topological polar surface area (TPSA) is 24.9 Å². The van der Waals surface area contributed by atoms with E-state index in [1.165, 1.54) is 6.07 Å². The highest BCUT2D eigenvalue weighted by Crippen LogP contribution is 2.24. The molecule has 1 aromatic carbocycles. The lowest BCUT2D eigenvalue weighted by Gasteiger charge is -2.02. The average molecular weight is 285 g/mol. The summed E-state index contributed by atoms with van der Waals surface area (Å²) in [5.41, 5.74) is 1.63. The molecule has 0 amide bonds. The van der Waals surface area contributed by atoms with Crippen LogP contribution in [0, 0.1) is 12.7 Å². The second-order valence-corrected chi connectivity index (χ2v) is 5.66. The Labute approximate surface area is 115 Å². The van der Waals surface area contributed by atoms with Gasteiger partial charge in [0, 0.05) is 22.9 Å². The average Bonchev–Trinajstić information content (AvgIpc) is 2.64. The predicted octanol–water partition coefficient (Wildman–Crippen LogP) is 3.55. The second-order valence-electron chi connectivity index (χ2n) is 4.06. The number of hydrogen-bond donors (Lipinski definition) is 1. The molecule has 0 aliphatic heterocycles. The minimum atomic E-state index is -0.259. The van der Waals surface area contributed by atoms with Crippen LogP contribution in [0.3, 0.4) is 0 Å². The zero-order valence-electron chi connectivity index (χ0n) is 10.3. The van der Waals surface area contributed by atoms with Gasteiger partial charge in [-0.2, -0.15) is 0 Å². The SMILES string of the molecule is CNCc1nc(C)c(Cc2ccc(Cl)cc2F)s1. The molecule has 0 saturated heterocycles. The maximum absolute atomic E-state index is 13.7. The van der Waals surface area contributed by atoms with Crippen LogP contribution in [0.25, 0.3) is 0 Å². The molecule has 0 spiro atoms. The molecule has 96 valence electrons. The van der Waals surface area contributed by atoms with Crippen molar-refractivity contribution in [1.82, 2.24) is 10.3 Å². The monoisotopic (exact) mass is 284 g/mol. The van der Waals surface area contributed by atoms with E-state index in [4.69, 9.17) is 11.6 Å². The van der Waals surface area contributed by atoms with E-state index in [1.807, 2.05) is 14.0 Å². The van der Waals surface area contributed by atoms with Crippen molar-refractivity contribution in [1.29, 1.82) is 0 Å². The molecule has 5 heteroatoms. The molecule has 0 radical (unpaired) electrons. The van der Waals surface area contributed by atoms with Crippen molar-refractivity contribution >= 4 is 22.9 Å². The number of benzene rings is 1. The van der Waals surface area contributed by atoms with Crippen LogP contribution in [-0.4, -0.2) is 12.0 Å². The third kappa shape index (κ3) is 3.07. The maximum atomic E-state index is 13.7. The number of nitrogens with zero attached hydrogens (tertiary/aromatic N) is 1. The molecular weight excluding hydrogens is 271 g/mol. The van der Waals surface area contributed by atoms with Gasteiger partial charge in [0.15, 0.2) is 0 Å². The van der Waals surface area contributed by atoms with Crippen LogP contribution in [0.4, 0.5) is 4.39 Å². The van der Waals surface area contributed by atoms with E-state index in [1.54, 1.807) is 23.5 Å². The summed E-state index contributed by atoms with van der Waals surface area (Å²) in [6.45, 7) is 2.70. The van der Waals surface area contributed by atoms with Gasteiger partial charge in [0.05, 0.1) is 5.69 Å². The fourth-order valence-corrected chi connectivity index (χ4v) is 2.98. The first-order valence-electron chi connectivity index (χ1n) is 5.64. The number of aryl methyl sites for hydroxylation is 1. The summed E-state index contributed by atoms with van der Waals surface area (Å²) in [4.78, 5) is 5.55. The molecule has 2 aromatic rings. The second kappa shape index (κ2) is 5.78. The van der Waals surface area contributed by atoms with Crippen molar-refractivity contribution in [3.8, 4) is 0 Å². The fraction of sp³-hybridized carbons (Fsp3) is 0.308. The normalized spacial score (nSPS) is 10.9. The molecular formula is C13H14ClFN2S. The van der Waals surface area contributed by atoms with Crippen molar-refractivity contribution in [3.63, 3.8) is 0 Å². The van der Waals surface area contributed by atoms with Gasteiger partial charge in [0.1, 0.15) is 10.8 Å². The van der Waals surface area contributed by atoms with Crippen LogP contribution in [0.15, 0.2) is 18.2 Å². The third-order valence-electron chi connectivity index (χ3n) is 2.63. The lowest BCUT2D eigenvalue weighted by atomic mass is 10.1. The van der Waals surface area contributed by atoms with Gasteiger partial charge in [0.25, 0.3) is 0 Å². The molecule has 1 N–H and O–H groups in total. The van der Waals surface area contributed by atoms with Gasteiger partial charge >= 0.3 is 0 Å². The summed E-state index contributed by atoms with van der Waals surface area (Å²) in [6.07, 6.45) is 0.566. The van der Waals surface area contributed by atoms with Crippen molar-refractivity contribution < 1.29 is 4.39 Å². The number of nitrogens with one attached hydrogen (secondary N) is 1. The molecule has 1 heterocycles. The van der Waals surface area contributed by atoms with E-state index in [-0.39, 0.29) is 5.82 Å². The standard InChI is InChI=1S/C13H14ClFN2S/c1-8-12(18-13(17-8)7-16-2)5-9-3-4-10(14)6-11(9)15/h3-4,6,16H,5,7H2,1-2H3. The molecule has 2 rings (SSSR count).